The Bertz CT molecular complexity index is 3550. The van der Waals surface area contributed by atoms with E-state index in [9.17, 15) is 0 Å². The lowest BCUT2D eigenvalue weighted by Crippen LogP contribution is -2.01. The van der Waals surface area contributed by atoms with Gasteiger partial charge in [0.15, 0.2) is 17.5 Å². The third-order valence-corrected chi connectivity index (χ3v) is 12.0. The first-order chi connectivity index (χ1) is 30.7. The first kappa shape index (κ1) is 35.5. The number of fused-ring (bicyclic) bond motifs is 6. The van der Waals surface area contributed by atoms with E-state index in [1.807, 2.05) is 60.7 Å². The molecular weight excluding hydrogens is 755 g/mol. The molecule has 0 N–H and O–H groups in total. The fraction of sp³-hybridized carbons (Fsp3) is 0. The minimum atomic E-state index is 0.623. The van der Waals surface area contributed by atoms with E-state index in [-0.39, 0.29) is 0 Å². The van der Waals surface area contributed by atoms with E-state index < -0.39 is 0 Å². The van der Waals surface area contributed by atoms with Gasteiger partial charge in [0.05, 0.1) is 22.1 Å². The molecule has 0 amide bonds. The number of nitrogens with zero attached hydrogens (tertiary/aromatic N) is 5. The van der Waals surface area contributed by atoms with Crippen LogP contribution in [0.25, 0.3) is 111 Å². The molecule has 0 aliphatic rings. The Morgan fingerprint density at radius 3 is 1.21 bits per heavy atom. The van der Waals surface area contributed by atoms with Crippen LogP contribution in [0, 0.1) is 0 Å². The second kappa shape index (κ2) is 14.7. The van der Waals surface area contributed by atoms with Crippen molar-refractivity contribution in [2.45, 2.75) is 0 Å². The quantitative estimate of drug-likeness (QED) is 0.162. The van der Waals surface area contributed by atoms with Crippen molar-refractivity contribution in [1.29, 1.82) is 0 Å². The van der Waals surface area contributed by atoms with Crippen LogP contribution in [0.4, 0.5) is 0 Å². The SMILES string of the molecule is c1ccc(-c2cccc(-c3ccc(-n4c5ccccc5c5cc6c7ccccc7n(-c7cccc(-c8nc(-c9ccccc9)nc(-c9ccccc9)n8)c7)c6cc54)cc3)c2)cc1. The van der Waals surface area contributed by atoms with Gasteiger partial charge in [-0.05, 0) is 76.9 Å². The van der Waals surface area contributed by atoms with Gasteiger partial charge >= 0.3 is 0 Å². The third kappa shape index (κ3) is 6.06. The van der Waals surface area contributed by atoms with Gasteiger partial charge in [-0.1, -0.05) is 170 Å². The summed E-state index contributed by atoms with van der Waals surface area (Å²) < 4.78 is 4.80. The zero-order valence-corrected chi connectivity index (χ0v) is 33.6. The van der Waals surface area contributed by atoms with Crippen LogP contribution >= 0.6 is 0 Å². The number of aromatic nitrogens is 5. The van der Waals surface area contributed by atoms with Gasteiger partial charge in [-0.25, -0.2) is 15.0 Å². The van der Waals surface area contributed by atoms with E-state index in [0.29, 0.717) is 17.5 Å². The fourth-order valence-electron chi connectivity index (χ4n) is 9.02. The summed E-state index contributed by atoms with van der Waals surface area (Å²) >= 11 is 0. The normalized spacial score (nSPS) is 11.5. The van der Waals surface area contributed by atoms with Crippen molar-refractivity contribution in [3.63, 3.8) is 0 Å². The molecule has 9 aromatic carbocycles. The molecule has 5 heteroatoms. The first-order valence-electron chi connectivity index (χ1n) is 20.9. The van der Waals surface area contributed by atoms with E-state index in [4.69, 9.17) is 15.0 Å². The molecule has 0 spiro atoms. The zero-order valence-electron chi connectivity index (χ0n) is 33.6. The molecule has 5 nitrogen and oxygen atoms in total. The van der Waals surface area contributed by atoms with Gasteiger partial charge in [0.25, 0.3) is 0 Å². The molecule has 0 saturated carbocycles. The Kier molecular flexibility index (Phi) is 8.42. The highest BCUT2D eigenvalue weighted by Crippen LogP contribution is 2.40. The van der Waals surface area contributed by atoms with Gasteiger partial charge < -0.3 is 9.13 Å². The summed E-state index contributed by atoms with van der Waals surface area (Å²) in [6.07, 6.45) is 0. The van der Waals surface area contributed by atoms with Crippen LogP contribution in [0.1, 0.15) is 0 Å². The van der Waals surface area contributed by atoms with Gasteiger partial charge in [0.1, 0.15) is 0 Å². The van der Waals surface area contributed by atoms with Crippen LogP contribution in [-0.4, -0.2) is 24.1 Å². The molecule has 12 rings (SSSR count). The Morgan fingerprint density at radius 2 is 0.645 bits per heavy atom. The topological polar surface area (TPSA) is 48.5 Å². The number of rotatable bonds is 7. The Hall–Kier alpha value is -8.41. The lowest BCUT2D eigenvalue weighted by atomic mass is 9.99. The Morgan fingerprint density at radius 1 is 0.226 bits per heavy atom. The highest BCUT2D eigenvalue weighted by molar-refractivity contribution is 6.19. The van der Waals surface area contributed by atoms with Crippen LogP contribution < -0.4 is 0 Å². The second-order valence-electron chi connectivity index (χ2n) is 15.7. The summed E-state index contributed by atoms with van der Waals surface area (Å²) in [5.74, 6) is 1.90. The van der Waals surface area contributed by atoms with Crippen LogP contribution in [0.2, 0.25) is 0 Å². The third-order valence-electron chi connectivity index (χ3n) is 12.0. The Labute approximate surface area is 358 Å². The molecule has 0 aliphatic carbocycles. The predicted octanol–water partition coefficient (Wildman–Crippen LogP) is 14.4. The van der Waals surface area contributed by atoms with Crippen molar-refractivity contribution in [3.8, 4) is 67.8 Å². The molecule has 3 heterocycles. The highest BCUT2D eigenvalue weighted by Gasteiger charge is 2.20. The average Bonchev–Trinajstić information content (AvgIpc) is 3.86. The molecule has 0 unspecified atom stereocenters. The molecule has 0 fully saturated rings. The number of benzene rings is 9. The van der Waals surface area contributed by atoms with Crippen molar-refractivity contribution < 1.29 is 0 Å². The molecule has 62 heavy (non-hydrogen) atoms. The van der Waals surface area contributed by atoms with E-state index >= 15 is 0 Å². The summed E-state index contributed by atoms with van der Waals surface area (Å²) in [7, 11) is 0. The molecule has 0 atom stereocenters. The van der Waals surface area contributed by atoms with Gasteiger partial charge in [-0.3, -0.25) is 0 Å². The summed E-state index contributed by atoms with van der Waals surface area (Å²) in [6.45, 7) is 0. The van der Waals surface area contributed by atoms with E-state index in [2.05, 4.69) is 173 Å². The van der Waals surface area contributed by atoms with Gasteiger partial charge in [0.2, 0.25) is 0 Å². The standard InChI is InChI=1S/C57H37N5/c1-4-16-38(17-5-1)42-22-14-23-43(34-42)39-30-32-45(33-31-39)61-51-28-12-10-26-47(51)49-36-50-48-27-11-13-29-52(48)62(54(50)37-53(49)61)46-25-15-24-44(35-46)57-59-55(40-18-6-2-7-19-40)58-56(60-57)41-20-8-3-9-21-41/h1-37H. The van der Waals surface area contributed by atoms with Crippen LogP contribution in [0.3, 0.4) is 0 Å². The van der Waals surface area contributed by atoms with Gasteiger partial charge in [0, 0.05) is 49.6 Å². The number of para-hydroxylation sites is 2. The van der Waals surface area contributed by atoms with Crippen molar-refractivity contribution in [2.75, 3.05) is 0 Å². The molecule has 12 aromatic rings. The number of hydrogen-bond donors (Lipinski definition) is 0. The second-order valence-corrected chi connectivity index (χ2v) is 15.7. The van der Waals surface area contributed by atoms with Gasteiger partial charge in [-0.15, -0.1) is 0 Å². The lowest BCUT2D eigenvalue weighted by molar-refractivity contribution is 1.07. The van der Waals surface area contributed by atoms with Crippen LogP contribution in [0.15, 0.2) is 224 Å². The average molecular weight is 792 g/mol. The molecule has 0 saturated heterocycles. The van der Waals surface area contributed by atoms with Crippen molar-refractivity contribution in [2.24, 2.45) is 0 Å². The minimum absolute atomic E-state index is 0.623. The maximum Gasteiger partial charge on any atom is 0.164 e. The molecule has 0 radical (unpaired) electrons. The van der Waals surface area contributed by atoms with E-state index in [1.54, 1.807) is 0 Å². The summed E-state index contributed by atoms with van der Waals surface area (Å²) in [4.78, 5) is 15.1. The highest BCUT2D eigenvalue weighted by atomic mass is 15.0. The molecule has 0 bridgehead atoms. The van der Waals surface area contributed by atoms with E-state index in [1.165, 1.54) is 49.3 Å². The van der Waals surface area contributed by atoms with E-state index in [0.717, 1.165) is 44.6 Å². The van der Waals surface area contributed by atoms with Crippen LogP contribution in [0.5, 0.6) is 0 Å². The predicted molar refractivity (Wildman–Crippen MR) is 256 cm³/mol. The number of hydrogen-bond acceptors (Lipinski definition) is 3. The summed E-state index contributed by atoms with van der Waals surface area (Å²) in [5.41, 5.74) is 14.3. The molecule has 290 valence electrons. The molecule has 3 aromatic heterocycles. The van der Waals surface area contributed by atoms with Gasteiger partial charge in [-0.2, -0.15) is 0 Å². The first-order valence-corrected chi connectivity index (χ1v) is 20.9. The van der Waals surface area contributed by atoms with Crippen molar-refractivity contribution >= 4 is 43.6 Å². The molecule has 0 aliphatic heterocycles. The van der Waals surface area contributed by atoms with Crippen molar-refractivity contribution in [1.82, 2.24) is 24.1 Å². The summed E-state index contributed by atoms with van der Waals surface area (Å²) in [6, 6.07) is 79.4. The molecular formula is C57H37N5. The maximum atomic E-state index is 5.07. The lowest BCUT2D eigenvalue weighted by Gasteiger charge is -2.12. The fourth-order valence-corrected chi connectivity index (χ4v) is 9.02. The minimum Gasteiger partial charge on any atom is -0.309 e. The van der Waals surface area contributed by atoms with Crippen molar-refractivity contribution in [3.05, 3.63) is 224 Å². The smallest absolute Gasteiger partial charge is 0.164 e. The Balaban J connectivity index is 1.02. The largest absolute Gasteiger partial charge is 0.309 e. The summed E-state index contributed by atoms with van der Waals surface area (Å²) in [5, 5.41) is 4.84. The van der Waals surface area contributed by atoms with Crippen LogP contribution in [-0.2, 0) is 0 Å². The zero-order chi connectivity index (χ0) is 41.0. The maximum absolute atomic E-state index is 5.07. The monoisotopic (exact) mass is 791 g/mol.